The van der Waals surface area contributed by atoms with Gasteiger partial charge in [0.25, 0.3) is 0 Å². The zero-order valence-electron chi connectivity index (χ0n) is 13.4. The van der Waals surface area contributed by atoms with Gasteiger partial charge in [0, 0.05) is 10.6 Å². The summed E-state index contributed by atoms with van der Waals surface area (Å²) in [5.74, 6) is 0. The van der Waals surface area contributed by atoms with Crippen molar-refractivity contribution in [2.75, 3.05) is 6.61 Å². The second-order valence-electron chi connectivity index (χ2n) is 6.30. The van der Waals surface area contributed by atoms with Crippen LogP contribution in [0.1, 0.15) is 23.5 Å². The third kappa shape index (κ3) is 3.31. The Balaban J connectivity index is 1.52. The van der Waals surface area contributed by atoms with Crippen molar-refractivity contribution in [1.29, 1.82) is 0 Å². The Kier molecular flexibility index (Phi) is 4.78. The van der Waals surface area contributed by atoms with Crippen LogP contribution in [-0.2, 0) is 14.2 Å². The van der Waals surface area contributed by atoms with Crippen LogP contribution in [0.2, 0.25) is 5.02 Å². The van der Waals surface area contributed by atoms with Gasteiger partial charge in [-0.05, 0) is 17.7 Å². The van der Waals surface area contributed by atoms with E-state index in [9.17, 15) is 10.2 Å². The van der Waals surface area contributed by atoms with Gasteiger partial charge in [0.2, 0.25) is 0 Å². The lowest BCUT2D eigenvalue weighted by Gasteiger charge is -2.46. The first-order valence-electron chi connectivity index (χ1n) is 8.22. The summed E-state index contributed by atoms with van der Waals surface area (Å²) < 4.78 is 17.6. The van der Waals surface area contributed by atoms with Crippen LogP contribution < -0.4 is 0 Å². The van der Waals surface area contributed by atoms with E-state index in [0.29, 0.717) is 5.02 Å². The molecule has 2 heterocycles. The maximum atomic E-state index is 10.6. The SMILES string of the molecule is O[C@@H]1[C@@H](O)[C@H](c2ccc(Cl)cc2)O[C@@H]2COC(c3ccccc3)O[C@@H]12. The molecule has 2 aromatic carbocycles. The highest BCUT2D eigenvalue weighted by Gasteiger charge is 2.49. The minimum Gasteiger partial charge on any atom is -0.387 e. The van der Waals surface area contributed by atoms with E-state index in [1.54, 1.807) is 24.3 Å². The van der Waals surface area contributed by atoms with Gasteiger partial charge in [-0.2, -0.15) is 0 Å². The molecule has 0 aliphatic carbocycles. The molecule has 1 unspecified atom stereocenters. The first-order chi connectivity index (χ1) is 12.1. The molecule has 132 valence electrons. The fourth-order valence-electron chi connectivity index (χ4n) is 3.32. The van der Waals surface area contributed by atoms with E-state index in [2.05, 4.69) is 0 Å². The van der Waals surface area contributed by atoms with E-state index in [4.69, 9.17) is 25.8 Å². The molecule has 0 saturated carbocycles. The summed E-state index contributed by atoms with van der Waals surface area (Å²) in [6, 6.07) is 16.5. The Morgan fingerprint density at radius 1 is 0.840 bits per heavy atom. The van der Waals surface area contributed by atoms with Crippen molar-refractivity contribution in [3.63, 3.8) is 0 Å². The topological polar surface area (TPSA) is 68.2 Å². The summed E-state index contributed by atoms with van der Waals surface area (Å²) >= 11 is 5.91. The molecule has 2 saturated heterocycles. The number of halogens is 1. The molecule has 2 aromatic rings. The highest BCUT2D eigenvalue weighted by atomic mass is 35.5. The Labute approximate surface area is 150 Å². The summed E-state index contributed by atoms with van der Waals surface area (Å²) in [5.41, 5.74) is 1.61. The Morgan fingerprint density at radius 3 is 2.28 bits per heavy atom. The molecule has 5 nitrogen and oxygen atoms in total. The zero-order chi connectivity index (χ0) is 17.4. The fourth-order valence-corrected chi connectivity index (χ4v) is 3.45. The van der Waals surface area contributed by atoms with Gasteiger partial charge in [-0.1, -0.05) is 54.1 Å². The molecule has 0 amide bonds. The largest absolute Gasteiger partial charge is 0.387 e. The van der Waals surface area contributed by atoms with Crippen molar-refractivity contribution >= 4 is 11.6 Å². The third-order valence-electron chi connectivity index (χ3n) is 4.65. The van der Waals surface area contributed by atoms with Gasteiger partial charge in [-0.25, -0.2) is 0 Å². The van der Waals surface area contributed by atoms with Gasteiger partial charge in [0.15, 0.2) is 6.29 Å². The van der Waals surface area contributed by atoms with Crippen LogP contribution in [-0.4, -0.2) is 41.2 Å². The minimum atomic E-state index is -1.10. The normalized spacial score (nSPS) is 35.2. The molecule has 4 rings (SSSR count). The van der Waals surface area contributed by atoms with Crippen LogP contribution in [0.5, 0.6) is 0 Å². The van der Waals surface area contributed by atoms with E-state index in [1.807, 2.05) is 30.3 Å². The molecule has 2 aliphatic rings. The number of fused-ring (bicyclic) bond motifs is 1. The summed E-state index contributed by atoms with van der Waals surface area (Å²) in [6.07, 6.45) is -4.53. The molecule has 6 heteroatoms. The Bertz CT molecular complexity index is 706. The predicted octanol–water partition coefficient (Wildman–Crippen LogP) is 2.62. The van der Waals surface area contributed by atoms with Crippen molar-refractivity contribution in [3.05, 3.63) is 70.7 Å². The van der Waals surface area contributed by atoms with Gasteiger partial charge in [0.1, 0.15) is 30.5 Å². The van der Waals surface area contributed by atoms with E-state index in [1.165, 1.54) is 0 Å². The number of hydrogen-bond acceptors (Lipinski definition) is 5. The second kappa shape index (κ2) is 7.03. The molecule has 25 heavy (non-hydrogen) atoms. The smallest absolute Gasteiger partial charge is 0.184 e. The molecular formula is C19H19ClO5. The third-order valence-corrected chi connectivity index (χ3v) is 4.90. The van der Waals surface area contributed by atoms with Crippen LogP contribution >= 0.6 is 11.6 Å². The number of hydrogen-bond donors (Lipinski definition) is 2. The maximum Gasteiger partial charge on any atom is 0.184 e. The molecular weight excluding hydrogens is 344 g/mol. The van der Waals surface area contributed by atoms with E-state index >= 15 is 0 Å². The highest BCUT2D eigenvalue weighted by molar-refractivity contribution is 6.30. The first kappa shape index (κ1) is 17.0. The van der Waals surface area contributed by atoms with Crippen LogP contribution in [0.4, 0.5) is 0 Å². The van der Waals surface area contributed by atoms with E-state index in [0.717, 1.165) is 11.1 Å². The molecule has 0 radical (unpaired) electrons. The number of rotatable bonds is 2. The van der Waals surface area contributed by atoms with Crippen molar-refractivity contribution < 1.29 is 24.4 Å². The molecule has 6 atom stereocenters. The number of ether oxygens (including phenoxy) is 3. The van der Waals surface area contributed by atoms with Crippen LogP contribution in [0.3, 0.4) is 0 Å². The average Bonchev–Trinajstić information content (AvgIpc) is 2.66. The lowest BCUT2D eigenvalue weighted by atomic mass is 9.90. The lowest BCUT2D eigenvalue weighted by Crippen LogP contribution is -2.59. The molecule has 0 spiro atoms. The molecule has 2 fully saturated rings. The molecule has 2 N–H and O–H groups in total. The summed E-state index contributed by atoms with van der Waals surface area (Å²) in [6.45, 7) is 0.276. The predicted molar refractivity (Wildman–Crippen MR) is 91.1 cm³/mol. The van der Waals surface area contributed by atoms with Crippen LogP contribution in [0, 0.1) is 0 Å². The maximum absolute atomic E-state index is 10.6. The van der Waals surface area contributed by atoms with Gasteiger partial charge in [-0.15, -0.1) is 0 Å². The lowest BCUT2D eigenvalue weighted by molar-refractivity contribution is -0.330. The van der Waals surface area contributed by atoms with Gasteiger partial charge < -0.3 is 24.4 Å². The summed E-state index contributed by atoms with van der Waals surface area (Å²) in [5, 5.41) is 21.7. The van der Waals surface area contributed by atoms with Crippen LogP contribution in [0.15, 0.2) is 54.6 Å². The quantitative estimate of drug-likeness (QED) is 0.859. The first-order valence-corrected chi connectivity index (χ1v) is 8.60. The Morgan fingerprint density at radius 2 is 1.56 bits per heavy atom. The fraction of sp³-hybridized carbons (Fsp3) is 0.368. The van der Waals surface area contributed by atoms with Crippen molar-refractivity contribution in [3.8, 4) is 0 Å². The van der Waals surface area contributed by atoms with Gasteiger partial charge >= 0.3 is 0 Å². The second-order valence-corrected chi connectivity index (χ2v) is 6.74. The van der Waals surface area contributed by atoms with Gasteiger partial charge in [0.05, 0.1) is 6.61 Å². The molecule has 0 aromatic heterocycles. The van der Waals surface area contributed by atoms with Crippen LogP contribution in [0.25, 0.3) is 0 Å². The summed E-state index contributed by atoms with van der Waals surface area (Å²) in [4.78, 5) is 0. The standard InChI is InChI=1S/C19H19ClO5/c20-13-8-6-11(7-9-13)17-15(21)16(22)18-14(24-17)10-23-19(25-18)12-4-2-1-3-5-12/h1-9,14-19,21-22H,10H2/t14-,15-,16-,17+,18-,19?/m1/s1. The average molecular weight is 363 g/mol. The molecule has 0 bridgehead atoms. The van der Waals surface area contributed by atoms with E-state index < -0.39 is 36.8 Å². The summed E-state index contributed by atoms with van der Waals surface area (Å²) in [7, 11) is 0. The Hall–Kier alpha value is -1.47. The van der Waals surface area contributed by atoms with Gasteiger partial charge in [-0.3, -0.25) is 0 Å². The van der Waals surface area contributed by atoms with E-state index in [-0.39, 0.29) is 6.61 Å². The zero-order valence-corrected chi connectivity index (χ0v) is 14.1. The highest BCUT2D eigenvalue weighted by Crippen LogP contribution is 2.39. The minimum absolute atomic E-state index is 0.276. The van der Waals surface area contributed by atoms with Crippen molar-refractivity contribution in [1.82, 2.24) is 0 Å². The van der Waals surface area contributed by atoms with Crippen molar-refractivity contribution in [2.24, 2.45) is 0 Å². The monoisotopic (exact) mass is 362 g/mol. The number of aliphatic hydroxyl groups is 2. The number of aliphatic hydroxyl groups excluding tert-OH is 2. The molecule has 2 aliphatic heterocycles. The number of benzene rings is 2. The van der Waals surface area contributed by atoms with Crippen molar-refractivity contribution in [2.45, 2.75) is 36.8 Å².